The summed E-state index contributed by atoms with van der Waals surface area (Å²) in [4.78, 5) is 116. The van der Waals surface area contributed by atoms with Gasteiger partial charge in [0.25, 0.3) is 11.8 Å². The summed E-state index contributed by atoms with van der Waals surface area (Å²) in [5.74, 6) is -2.70. The van der Waals surface area contributed by atoms with E-state index in [1.54, 1.807) is 103 Å². The van der Waals surface area contributed by atoms with Gasteiger partial charge >= 0.3 is 24.2 Å². The van der Waals surface area contributed by atoms with Crippen LogP contribution in [-0.4, -0.2) is 157 Å². The van der Waals surface area contributed by atoms with Crippen molar-refractivity contribution >= 4 is 64.9 Å². The van der Waals surface area contributed by atoms with E-state index in [-0.39, 0.29) is 103 Å². The van der Waals surface area contributed by atoms with E-state index in [0.29, 0.717) is 47.4 Å². The molecule has 26 heteroatoms. The average molecular weight is 1340 g/mol. The van der Waals surface area contributed by atoms with Crippen LogP contribution in [0.5, 0.6) is 23.0 Å². The Hall–Kier alpha value is -9.66. The smallest absolute Gasteiger partial charge is 0.417 e. The Balaban J connectivity index is 0.970. The molecule has 0 aromatic heterocycles. The van der Waals surface area contributed by atoms with E-state index < -0.39 is 102 Å². The molecule has 5 aliphatic rings. The first-order chi connectivity index (χ1) is 45.9. The number of amides is 7. The number of anilines is 3. The Morgan fingerprint density at radius 2 is 1.24 bits per heavy atom. The SMILES string of the molecule is C=CCOC(=O)N[C@H](C(=O)N[C@@H](C)C(=O)Nc1ccc(COC(=O)N2c3cc(OCc4cc(COc5cc6c(cc5OC)C(=O)N5CC(=C)C[C@H]5[C@H](OC5CCCCO5)N6C(=O)OC(C)(C)C)cc(C(=O)OC(C)(C)C)c4)c(OC)cc3C(=O)N3CC(=C)C[C@H]3[C@@H]2O)cc1)C(C)C. The molecule has 4 N–H and O–H groups in total. The lowest BCUT2D eigenvalue weighted by Crippen LogP contribution is -2.54. The first kappa shape index (κ1) is 71.6. The van der Waals surface area contributed by atoms with E-state index in [9.17, 15) is 43.5 Å². The van der Waals surface area contributed by atoms with E-state index >= 15 is 0 Å². The summed E-state index contributed by atoms with van der Waals surface area (Å²) < 4.78 is 60.2. The first-order valence-corrected chi connectivity index (χ1v) is 32.1. The van der Waals surface area contributed by atoms with Crippen molar-refractivity contribution in [3.8, 4) is 23.0 Å². The lowest BCUT2D eigenvalue weighted by atomic mass is 10.0. The van der Waals surface area contributed by atoms with Crippen LogP contribution in [0, 0.1) is 5.92 Å². The topological polar surface area (TPSA) is 298 Å². The maximum atomic E-state index is 14.7. The lowest BCUT2D eigenvalue weighted by molar-refractivity contribution is -0.195. The number of fused-ring (bicyclic) bond motifs is 4. The Bertz CT molecular complexity index is 3700. The number of nitrogens with zero attached hydrogens (tertiary/aromatic N) is 4. The monoisotopic (exact) mass is 1340 g/mol. The van der Waals surface area contributed by atoms with Gasteiger partial charge < -0.3 is 78.2 Å². The molecule has 0 spiro atoms. The van der Waals surface area contributed by atoms with Gasteiger partial charge in [0.15, 0.2) is 41.7 Å². The fraction of sp³-hybridized carbons (Fsp3) is 0.465. The van der Waals surface area contributed by atoms with Crippen molar-refractivity contribution in [1.29, 1.82) is 0 Å². The van der Waals surface area contributed by atoms with Crippen LogP contribution in [0.1, 0.15) is 142 Å². The number of aliphatic hydroxyl groups excluding tert-OH is 1. The summed E-state index contributed by atoms with van der Waals surface area (Å²) in [7, 11) is 2.79. The van der Waals surface area contributed by atoms with Crippen LogP contribution in [-0.2, 0) is 57.8 Å². The van der Waals surface area contributed by atoms with E-state index in [0.717, 1.165) is 23.3 Å². The maximum Gasteiger partial charge on any atom is 0.417 e. The van der Waals surface area contributed by atoms with Gasteiger partial charge in [-0.3, -0.25) is 19.2 Å². The van der Waals surface area contributed by atoms with Crippen LogP contribution >= 0.6 is 0 Å². The highest BCUT2D eigenvalue weighted by Gasteiger charge is 2.50. The predicted octanol–water partition coefficient (Wildman–Crippen LogP) is 9.84. The summed E-state index contributed by atoms with van der Waals surface area (Å²) in [6, 6.07) is 13.5. The number of rotatable bonds is 21. The summed E-state index contributed by atoms with van der Waals surface area (Å²) in [5, 5.41) is 20.0. The molecular weight excluding hydrogens is 1250 g/mol. The van der Waals surface area contributed by atoms with Gasteiger partial charge in [0.05, 0.1) is 54.4 Å². The molecule has 1 unspecified atom stereocenters. The maximum absolute atomic E-state index is 14.7. The van der Waals surface area contributed by atoms with Crippen molar-refractivity contribution in [3.05, 3.63) is 137 Å². The fourth-order valence-corrected chi connectivity index (χ4v) is 11.8. The summed E-state index contributed by atoms with van der Waals surface area (Å²) >= 11 is 0. The molecular formula is C71H87N7O19. The normalized spacial score (nSPS) is 19.8. The molecule has 520 valence electrons. The predicted molar refractivity (Wildman–Crippen MR) is 355 cm³/mol. The van der Waals surface area contributed by atoms with Crippen LogP contribution in [0.25, 0.3) is 0 Å². The Labute approximate surface area is 564 Å². The molecule has 3 saturated heterocycles. The molecule has 7 amide bonds. The molecule has 9 rings (SSSR count). The van der Waals surface area contributed by atoms with E-state index in [4.69, 9.17) is 47.4 Å². The Morgan fingerprint density at radius 3 is 1.77 bits per heavy atom. The van der Waals surface area contributed by atoms with E-state index in [1.807, 2.05) is 0 Å². The highest BCUT2D eigenvalue weighted by molar-refractivity contribution is 6.07. The summed E-state index contributed by atoms with van der Waals surface area (Å²) in [6.45, 7) is 27.1. The van der Waals surface area contributed by atoms with Crippen molar-refractivity contribution in [3.63, 3.8) is 0 Å². The van der Waals surface area contributed by atoms with Gasteiger partial charge in [0.1, 0.15) is 49.7 Å². The van der Waals surface area contributed by atoms with Gasteiger partial charge in [-0.25, -0.2) is 29.0 Å². The van der Waals surface area contributed by atoms with Crippen molar-refractivity contribution in [2.75, 3.05) is 55.6 Å². The second-order valence-corrected chi connectivity index (χ2v) is 26.7. The highest BCUT2D eigenvalue weighted by atomic mass is 16.7. The van der Waals surface area contributed by atoms with Crippen molar-refractivity contribution in [2.45, 2.75) is 168 Å². The third-order valence-electron chi connectivity index (χ3n) is 16.4. The number of aliphatic hydroxyl groups is 1. The lowest BCUT2D eigenvalue weighted by Gasteiger charge is -2.39. The molecule has 5 heterocycles. The molecule has 4 aromatic rings. The van der Waals surface area contributed by atoms with E-state index in [2.05, 4.69) is 35.7 Å². The molecule has 0 aliphatic carbocycles. The Morgan fingerprint density at radius 1 is 0.670 bits per heavy atom. The minimum atomic E-state index is -1.65. The summed E-state index contributed by atoms with van der Waals surface area (Å²) in [5.41, 5.74) is 1.57. The zero-order valence-corrected chi connectivity index (χ0v) is 56.7. The number of methoxy groups -OCH3 is 2. The molecule has 26 nitrogen and oxygen atoms in total. The van der Waals surface area contributed by atoms with Crippen LogP contribution in [0.4, 0.5) is 31.4 Å². The van der Waals surface area contributed by atoms with Crippen molar-refractivity contribution in [2.24, 2.45) is 5.92 Å². The number of ether oxygens (including phenoxy) is 10. The van der Waals surface area contributed by atoms with Gasteiger partial charge in [0, 0.05) is 37.5 Å². The fourth-order valence-electron chi connectivity index (χ4n) is 11.8. The van der Waals surface area contributed by atoms with E-state index in [1.165, 1.54) is 61.3 Å². The van der Waals surface area contributed by atoms with Gasteiger partial charge in [-0.2, -0.15) is 0 Å². The van der Waals surface area contributed by atoms with Crippen LogP contribution < -0.4 is 44.7 Å². The molecule has 5 aliphatic heterocycles. The van der Waals surface area contributed by atoms with Gasteiger partial charge in [0.2, 0.25) is 11.8 Å². The number of benzene rings is 4. The molecule has 97 heavy (non-hydrogen) atoms. The quantitative estimate of drug-likeness (QED) is 0.0343. The molecule has 0 bridgehead atoms. The zero-order valence-electron chi connectivity index (χ0n) is 56.7. The van der Waals surface area contributed by atoms with Crippen molar-refractivity contribution in [1.82, 2.24) is 20.4 Å². The third-order valence-corrected chi connectivity index (χ3v) is 16.4. The second-order valence-electron chi connectivity index (χ2n) is 26.7. The Kier molecular flexibility index (Phi) is 22.3. The van der Waals surface area contributed by atoms with Crippen LogP contribution in [0.15, 0.2) is 104 Å². The third kappa shape index (κ3) is 17.1. The number of hydrogen-bond acceptors (Lipinski definition) is 19. The average Bonchev–Trinajstić information content (AvgIpc) is 1.63. The number of carbonyl (C=O) groups is 8. The molecule has 4 aromatic carbocycles. The minimum Gasteiger partial charge on any atom is -0.493 e. The zero-order chi connectivity index (χ0) is 70.4. The minimum absolute atomic E-state index is 0.0179. The highest BCUT2D eigenvalue weighted by Crippen LogP contribution is 2.46. The van der Waals surface area contributed by atoms with Crippen LogP contribution in [0.2, 0.25) is 0 Å². The van der Waals surface area contributed by atoms with Gasteiger partial charge in [-0.1, -0.05) is 62.9 Å². The number of alkyl carbamates (subject to hydrolysis) is 1. The molecule has 3 fully saturated rings. The van der Waals surface area contributed by atoms with Gasteiger partial charge in [-0.15, -0.1) is 0 Å². The van der Waals surface area contributed by atoms with Gasteiger partial charge in [-0.05, 0) is 146 Å². The molecule has 7 atom stereocenters. The molecule has 0 radical (unpaired) electrons. The first-order valence-electron chi connectivity index (χ1n) is 32.1. The number of nitrogens with one attached hydrogen (secondary N) is 3. The number of esters is 1. The number of carbonyl (C=O) groups excluding carboxylic acids is 8. The largest absolute Gasteiger partial charge is 0.493 e. The molecule has 0 saturated carbocycles. The number of hydrogen-bond donors (Lipinski definition) is 4. The summed E-state index contributed by atoms with van der Waals surface area (Å²) in [6.07, 6.45) is -1.86. The second kappa shape index (κ2) is 30.2. The van der Waals surface area contributed by atoms with Crippen LogP contribution in [0.3, 0.4) is 0 Å². The van der Waals surface area contributed by atoms with Crippen molar-refractivity contribution < 1.29 is 90.8 Å². The standard InChI is InChI=1S/C71H87N7O19/c1-15-23-91-67(85)74-59(39(2)3)61(80)72-42(6)60(79)73-47-21-19-43(20-22-47)36-94-68(86)77-50-32-56(54(88-13)30-48(50)62(81)75-34-40(4)25-52(75)64(77)83)92-37-44-27-45(29-46(28-44)66(84)96-70(7,8)9)38-93-57-33-51-49(31-55(57)89-14)63(82)76-35-41(5)26-53(76)65(95-58-18-16-17-24-90-58)78(51)69(87)97-71(10,11)12/h15,19-22,27-33,39,42,52-53,58-59,64-65,83H,1,4-5,16-18,23-26,34-38H2,2-3,6-14H3,(H,72,80)(H,73,79)(H,74,85)/t42-,52-,53-,58?,59-,64-,65-/m0/s1.